The molecule has 1 aromatic carbocycles. The van der Waals surface area contributed by atoms with Crippen LogP contribution in [-0.4, -0.2) is 73.2 Å². The van der Waals surface area contributed by atoms with E-state index in [2.05, 4.69) is 5.32 Å². The molecule has 0 amide bonds. The third kappa shape index (κ3) is 10.8. The van der Waals surface area contributed by atoms with Crippen LogP contribution in [0.1, 0.15) is 94.7 Å². The van der Waals surface area contributed by atoms with E-state index in [1.807, 2.05) is 0 Å². The van der Waals surface area contributed by atoms with Crippen LogP contribution in [0.15, 0.2) is 36.4 Å². The summed E-state index contributed by atoms with van der Waals surface area (Å²) in [7, 11) is 0. The molecule has 1 fully saturated rings. The number of ether oxygens (including phenoxy) is 6. The van der Waals surface area contributed by atoms with Gasteiger partial charge in [0.05, 0.1) is 27.7 Å². The number of cyclic esters (lactones) is 1. The standard InChI is InChI=1S/C37H52ClNO11/c1-34(2,3)30(41)45-19-23-26(48-31(42)35(4,5)6)27(49-32(43)36(7,8)9)28(50-33(44)37(10,11)12)29(47-23)39-25(22-16-17-24(40)46-22)20-14-13-15-21(38)18-20/h13-18,22-23,25-29,39H,19H2,1-12H3/t22-,23+,25+,26-,27-,28+,29+/m0/s1. The first-order valence-electron chi connectivity index (χ1n) is 16.7. The Bertz CT molecular complexity index is 1460. The number of carbonyl (C=O) groups excluding carboxylic acids is 5. The summed E-state index contributed by atoms with van der Waals surface area (Å²) in [6.45, 7) is 19.5. The predicted molar refractivity (Wildman–Crippen MR) is 183 cm³/mol. The maximum atomic E-state index is 13.6. The Morgan fingerprint density at radius 2 is 1.26 bits per heavy atom. The van der Waals surface area contributed by atoms with Gasteiger partial charge in [-0.2, -0.15) is 0 Å². The zero-order valence-corrected chi connectivity index (χ0v) is 31.8. The van der Waals surface area contributed by atoms with Crippen LogP contribution < -0.4 is 5.32 Å². The monoisotopic (exact) mass is 721 g/mol. The summed E-state index contributed by atoms with van der Waals surface area (Å²) in [5.74, 6) is -3.14. The fraction of sp³-hybridized carbons (Fsp3) is 0.649. The zero-order valence-electron chi connectivity index (χ0n) is 31.1. The Morgan fingerprint density at radius 1 is 0.760 bits per heavy atom. The first-order chi connectivity index (χ1) is 22.8. The number of esters is 5. The topological polar surface area (TPSA) is 153 Å². The molecule has 12 nitrogen and oxygen atoms in total. The largest absolute Gasteiger partial charge is 0.462 e. The molecular formula is C37H52ClNO11. The molecule has 278 valence electrons. The predicted octanol–water partition coefficient (Wildman–Crippen LogP) is 5.64. The third-order valence-electron chi connectivity index (χ3n) is 7.75. The molecule has 0 bridgehead atoms. The van der Waals surface area contributed by atoms with Gasteiger partial charge in [-0.1, -0.05) is 23.7 Å². The summed E-state index contributed by atoms with van der Waals surface area (Å²) >= 11 is 6.36. The highest BCUT2D eigenvalue weighted by Gasteiger charge is 2.55. The number of hydrogen-bond acceptors (Lipinski definition) is 12. The van der Waals surface area contributed by atoms with Crippen LogP contribution in [0.5, 0.6) is 0 Å². The molecule has 1 aromatic rings. The van der Waals surface area contributed by atoms with Crippen molar-refractivity contribution in [3.63, 3.8) is 0 Å². The summed E-state index contributed by atoms with van der Waals surface area (Å²) in [4.78, 5) is 65.8. The van der Waals surface area contributed by atoms with Crippen molar-refractivity contribution in [2.24, 2.45) is 21.7 Å². The number of benzene rings is 1. The van der Waals surface area contributed by atoms with Crippen LogP contribution in [0.4, 0.5) is 0 Å². The summed E-state index contributed by atoms with van der Waals surface area (Å²) in [5, 5.41) is 3.71. The zero-order chi connectivity index (χ0) is 38.0. The van der Waals surface area contributed by atoms with Crippen molar-refractivity contribution in [3.8, 4) is 0 Å². The summed E-state index contributed by atoms with van der Waals surface area (Å²) in [6, 6.07) is 6.00. The molecule has 2 aliphatic rings. The average Bonchev–Trinajstić information content (AvgIpc) is 3.40. The van der Waals surface area contributed by atoms with E-state index in [0.29, 0.717) is 10.6 Å². The molecule has 7 atom stereocenters. The fourth-order valence-corrected chi connectivity index (χ4v) is 4.89. The molecule has 3 rings (SSSR count). The highest BCUT2D eigenvalue weighted by atomic mass is 35.5. The second-order valence-corrected chi connectivity index (χ2v) is 17.2. The Morgan fingerprint density at radius 3 is 1.72 bits per heavy atom. The van der Waals surface area contributed by atoms with E-state index in [-0.39, 0.29) is 0 Å². The van der Waals surface area contributed by atoms with Crippen molar-refractivity contribution in [1.82, 2.24) is 5.32 Å². The minimum Gasteiger partial charge on any atom is -0.462 e. The smallest absolute Gasteiger partial charge is 0.331 e. The summed E-state index contributed by atoms with van der Waals surface area (Å²) in [6.07, 6.45) is -4.82. The van der Waals surface area contributed by atoms with Crippen molar-refractivity contribution < 1.29 is 52.4 Å². The third-order valence-corrected chi connectivity index (χ3v) is 7.98. The lowest BCUT2D eigenvalue weighted by Gasteiger charge is -2.47. The molecule has 0 spiro atoms. The van der Waals surface area contributed by atoms with E-state index in [9.17, 15) is 24.0 Å². The van der Waals surface area contributed by atoms with Crippen LogP contribution in [0.3, 0.4) is 0 Å². The van der Waals surface area contributed by atoms with E-state index in [4.69, 9.17) is 40.0 Å². The maximum Gasteiger partial charge on any atom is 0.331 e. The van der Waals surface area contributed by atoms with Crippen molar-refractivity contribution in [1.29, 1.82) is 0 Å². The Hall–Kier alpha value is -3.48. The van der Waals surface area contributed by atoms with Crippen molar-refractivity contribution >= 4 is 41.4 Å². The fourth-order valence-electron chi connectivity index (χ4n) is 4.69. The van der Waals surface area contributed by atoms with Gasteiger partial charge in [-0.25, -0.2) is 4.79 Å². The van der Waals surface area contributed by atoms with Crippen molar-refractivity contribution in [3.05, 3.63) is 47.0 Å². The summed E-state index contributed by atoms with van der Waals surface area (Å²) in [5.41, 5.74) is -3.35. The van der Waals surface area contributed by atoms with Gasteiger partial charge < -0.3 is 28.4 Å². The van der Waals surface area contributed by atoms with Gasteiger partial charge in [0.1, 0.15) is 18.8 Å². The molecule has 1 N–H and O–H groups in total. The highest BCUT2D eigenvalue weighted by molar-refractivity contribution is 6.30. The lowest BCUT2D eigenvalue weighted by atomic mass is 9.92. The number of carbonyl (C=O) groups is 5. The number of rotatable bonds is 9. The van der Waals surface area contributed by atoms with Crippen LogP contribution >= 0.6 is 11.6 Å². The van der Waals surface area contributed by atoms with Crippen LogP contribution in [0, 0.1) is 21.7 Å². The van der Waals surface area contributed by atoms with Gasteiger partial charge in [-0.3, -0.25) is 24.5 Å². The molecular weight excluding hydrogens is 670 g/mol. The molecule has 0 saturated carbocycles. The van der Waals surface area contributed by atoms with E-state index in [0.717, 1.165) is 0 Å². The van der Waals surface area contributed by atoms with Crippen molar-refractivity contribution in [2.75, 3.05) is 6.61 Å². The van der Waals surface area contributed by atoms with Crippen LogP contribution in [0.2, 0.25) is 5.02 Å². The van der Waals surface area contributed by atoms with Crippen LogP contribution in [0.25, 0.3) is 0 Å². The van der Waals surface area contributed by atoms with Gasteiger partial charge in [-0.15, -0.1) is 0 Å². The van der Waals surface area contributed by atoms with Gasteiger partial charge in [0.25, 0.3) is 0 Å². The lowest BCUT2D eigenvalue weighted by Crippen LogP contribution is -2.67. The molecule has 0 aromatic heterocycles. The molecule has 2 heterocycles. The van der Waals surface area contributed by atoms with Gasteiger partial charge in [0.15, 0.2) is 24.5 Å². The first kappa shape index (κ1) is 40.9. The lowest BCUT2D eigenvalue weighted by molar-refractivity contribution is -0.266. The second kappa shape index (κ2) is 15.4. The normalized spacial score (nSPS) is 24.9. The molecule has 1 saturated heterocycles. The second-order valence-electron chi connectivity index (χ2n) is 16.8. The van der Waals surface area contributed by atoms with E-state index < -0.39 is 101 Å². The Labute approximate surface area is 299 Å². The Balaban J connectivity index is 2.24. The Kier molecular flexibility index (Phi) is 12.6. The SMILES string of the molecule is CC(C)(C)C(=O)OC[C@H]1O[C@@H](N[C@H](c2cccc(Cl)c2)[C@@H]2C=CC(=O)O2)[C@H](OC(=O)C(C)(C)C)[C@@H](OC(=O)C(C)(C)C)[C@H]1OC(=O)C(C)(C)C. The number of hydrogen-bond donors (Lipinski definition) is 1. The van der Waals surface area contributed by atoms with E-state index in [1.165, 1.54) is 6.08 Å². The molecule has 50 heavy (non-hydrogen) atoms. The van der Waals surface area contributed by atoms with Gasteiger partial charge in [0.2, 0.25) is 0 Å². The van der Waals surface area contributed by atoms with Gasteiger partial charge >= 0.3 is 29.8 Å². The quantitative estimate of drug-likeness (QED) is 0.248. The molecule has 0 radical (unpaired) electrons. The maximum absolute atomic E-state index is 13.6. The molecule has 0 aliphatic carbocycles. The van der Waals surface area contributed by atoms with Crippen molar-refractivity contribution in [2.45, 2.75) is 126 Å². The molecule has 0 unspecified atom stereocenters. The first-order valence-corrected chi connectivity index (χ1v) is 17.0. The summed E-state index contributed by atoms with van der Waals surface area (Å²) < 4.78 is 36.0. The minimum absolute atomic E-state index is 0.404. The number of nitrogens with one attached hydrogen (secondary N) is 1. The van der Waals surface area contributed by atoms with Gasteiger partial charge in [-0.05, 0) is 107 Å². The molecule has 2 aliphatic heterocycles. The highest BCUT2D eigenvalue weighted by Crippen LogP contribution is 2.36. The average molecular weight is 722 g/mol. The number of halogens is 1. The van der Waals surface area contributed by atoms with Gasteiger partial charge in [0, 0.05) is 11.1 Å². The van der Waals surface area contributed by atoms with E-state index in [1.54, 1.807) is 113 Å². The van der Waals surface area contributed by atoms with Crippen LogP contribution in [-0.2, 0) is 52.4 Å². The molecule has 13 heteroatoms. The minimum atomic E-state index is -1.45. The van der Waals surface area contributed by atoms with E-state index >= 15 is 0 Å².